The lowest BCUT2D eigenvalue weighted by Crippen LogP contribution is -2.60. The van der Waals surface area contributed by atoms with Gasteiger partial charge in [-0.1, -0.05) is 78.3 Å². The van der Waals surface area contributed by atoms with E-state index in [2.05, 4.69) is 47.2 Å². The monoisotopic (exact) mass is 969 g/mol. The van der Waals surface area contributed by atoms with E-state index >= 15 is 0 Å². The molecule has 2 aromatic rings. The number of carboxylic acid groups (broad SMARTS) is 1. The largest absolute Gasteiger partial charge is 0.480 e. The number of carbonyl (C=O) groups is 8. The second kappa shape index (κ2) is 31.2. The van der Waals surface area contributed by atoms with E-state index in [0.29, 0.717) is 56.5 Å². The fourth-order valence-electron chi connectivity index (χ4n) is 7.43. The van der Waals surface area contributed by atoms with Gasteiger partial charge in [0.25, 0.3) is 0 Å². The maximum absolute atomic E-state index is 14.4. The van der Waals surface area contributed by atoms with Crippen molar-refractivity contribution in [2.75, 3.05) is 13.1 Å². The first-order valence-corrected chi connectivity index (χ1v) is 24.2. The normalized spacial score (nSPS) is 14.9. The molecule has 21 nitrogen and oxygen atoms in total. The van der Waals surface area contributed by atoms with E-state index in [1.165, 1.54) is 19.4 Å². The lowest BCUT2D eigenvalue weighted by atomic mass is 9.99. The maximum atomic E-state index is 14.4. The second-order valence-corrected chi connectivity index (χ2v) is 19.0. The maximum Gasteiger partial charge on any atom is 0.326 e. The van der Waals surface area contributed by atoms with Gasteiger partial charge in [0.1, 0.15) is 42.3 Å². The number of nitrogens with two attached hydrogens (primary N) is 3. The Balaban J connectivity index is 2.40. The van der Waals surface area contributed by atoms with Crippen LogP contribution in [0.2, 0.25) is 0 Å². The van der Waals surface area contributed by atoms with E-state index in [9.17, 15) is 43.5 Å². The average Bonchev–Trinajstić information content (AvgIpc) is 3.80. The molecule has 0 unspecified atom stereocenters. The summed E-state index contributed by atoms with van der Waals surface area (Å²) < 4.78 is 0. The van der Waals surface area contributed by atoms with Crippen molar-refractivity contribution >= 4 is 47.3 Å². The number of imidazole rings is 1. The first kappa shape index (κ1) is 59.2. The fraction of sp³-hybridized carbons (Fsp3) is 0.646. The molecule has 0 saturated carbocycles. The van der Waals surface area contributed by atoms with Crippen LogP contribution in [0.5, 0.6) is 0 Å². The van der Waals surface area contributed by atoms with Crippen molar-refractivity contribution in [3.63, 3.8) is 0 Å². The van der Waals surface area contributed by atoms with E-state index in [1.807, 2.05) is 41.5 Å². The minimum absolute atomic E-state index is 0.0000986. The highest BCUT2D eigenvalue weighted by Crippen LogP contribution is 2.13. The molecule has 0 aliphatic heterocycles. The van der Waals surface area contributed by atoms with E-state index < -0.39 is 95.7 Å². The Bertz CT molecular complexity index is 1920. The van der Waals surface area contributed by atoms with Crippen LogP contribution in [0.1, 0.15) is 118 Å². The highest BCUT2D eigenvalue weighted by atomic mass is 16.4. The highest BCUT2D eigenvalue weighted by molar-refractivity contribution is 5.97. The molecule has 8 atom stereocenters. The summed E-state index contributed by atoms with van der Waals surface area (Å²) in [5.74, 6) is -6.20. The van der Waals surface area contributed by atoms with Crippen LogP contribution in [0.25, 0.3) is 0 Å². The molecule has 0 fully saturated rings. The number of nitrogens with zero attached hydrogens (tertiary/aromatic N) is 1. The summed E-state index contributed by atoms with van der Waals surface area (Å²) in [6.07, 6.45) is 6.17. The van der Waals surface area contributed by atoms with Gasteiger partial charge < -0.3 is 64.5 Å². The molecule has 386 valence electrons. The Labute approximate surface area is 406 Å². The van der Waals surface area contributed by atoms with Crippen molar-refractivity contribution < 1.29 is 43.5 Å². The molecule has 0 aliphatic rings. The van der Waals surface area contributed by atoms with Gasteiger partial charge in [0, 0.05) is 24.7 Å². The number of rotatable bonds is 33. The van der Waals surface area contributed by atoms with E-state index in [1.54, 1.807) is 30.3 Å². The highest BCUT2D eigenvalue weighted by Gasteiger charge is 2.34. The molecule has 1 aromatic heterocycles. The smallest absolute Gasteiger partial charge is 0.326 e. The summed E-state index contributed by atoms with van der Waals surface area (Å²) in [5.41, 5.74) is 18.8. The molecule has 0 radical (unpaired) electrons. The van der Waals surface area contributed by atoms with Gasteiger partial charge in [-0.2, -0.15) is 0 Å². The minimum Gasteiger partial charge on any atom is -0.480 e. The summed E-state index contributed by atoms with van der Waals surface area (Å²) in [6, 6.07) is -0.274. The Morgan fingerprint density at radius 2 is 0.971 bits per heavy atom. The number of benzene rings is 1. The minimum atomic E-state index is -1.25. The first-order valence-electron chi connectivity index (χ1n) is 24.2. The molecule has 69 heavy (non-hydrogen) atoms. The summed E-state index contributed by atoms with van der Waals surface area (Å²) in [7, 11) is 0. The van der Waals surface area contributed by atoms with E-state index in [-0.39, 0.29) is 56.3 Å². The third-order valence-electron chi connectivity index (χ3n) is 11.2. The van der Waals surface area contributed by atoms with Crippen molar-refractivity contribution in [3.05, 3.63) is 54.1 Å². The second-order valence-electron chi connectivity index (χ2n) is 19.0. The molecule has 1 aromatic carbocycles. The van der Waals surface area contributed by atoms with Gasteiger partial charge in [-0.05, 0) is 94.7 Å². The van der Waals surface area contributed by atoms with Gasteiger partial charge in [-0.25, -0.2) is 9.78 Å². The topological polar surface area (TPSA) is 348 Å². The number of H-pyrrole nitrogens is 1. The SMILES string of the molecule is CC(C)C[C@H](NC(=O)[C@H](C)NC(=O)[C@H](CC(C)C)NC(=O)[C@H](Cc1ccccc1)NC(=O)[C@H](CC(C)C)NC(=O)[C@H](CCCCN)NC(=O)[C@H](Cc1cnc[nH]1)NC(=O)[C@@H](N)CCCCN)C(=O)O. The summed E-state index contributed by atoms with van der Waals surface area (Å²) >= 11 is 0. The number of aromatic amines is 1. The van der Waals surface area contributed by atoms with Crippen LogP contribution in [0.3, 0.4) is 0 Å². The molecule has 0 aliphatic carbocycles. The Hall–Kier alpha value is -5.93. The lowest BCUT2D eigenvalue weighted by Gasteiger charge is -2.28. The molecule has 0 spiro atoms. The molecule has 0 bridgehead atoms. The third-order valence-corrected chi connectivity index (χ3v) is 11.2. The molecule has 0 saturated heterocycles. The fourth-order valence-corrected chi connectivity index (χ4v) is 7.43. The molecule has 1 heterocycles. The number of unbranched alkanes of at least 4 members (excludes halogenated alkanes) is 2. The standard InChI is InChI=1S/C48H80N12O9/c1-28(2)21-36(44(64)54-31(7)41(61)60-40(48(68)69)23-30(5)6)58-46(66)38(24-32-15-9-8-10-16-32)59-45(65)37(22-29(3)4)57-43(63)35(18-12-14-20-50)55-47(67)39(25-33-26-52-27-53-33)56-42(62)34(51)17-11-13-19-49/h8-10,15-16,26-31,34-40H,11-14,17-25,49-51H2,1-7H3,(H,52,53)(H,54,64)(H,55,67)(H,56,62)(H,57,63)(H,58,66)(H,59,65)(H,60,61)(H,68,69)/t31-,34-,35-,36-,37-,38-,39-,40-/m0/s1. The molecular weight excluding hydrogens is 889 g/mol. The Morgan fingerprint density at radius 3 is 1.48 bits per heavy atom. The number of nitrogens with one attached hydrogen (secondary N) is 8. The number of hydrogen-bond acceptors (Lipinski definition) is 12. The Kier molecular flexibility index (Phi) is 26.8. The number of carboxylic acids is 1. The van der Waals surface area contributed by atoms with Crippen LogP contribution in [0.15, 0.2) is 42.9 Å². The number of amides is 7. The third kappa shape index (κ3) is 22.8. The van der Waals surface area contributed by atoms with Gasteiger partial charge >= 0.3 is 5.97 Å². The predicted molar refractivity (Wildman–Crippen MR) is 261 cm³/mol. The molecule has 7 amide bonds. The van der Waals surface area contributed by atoms with Gasteiger partial charge in [0.2, 0.25) is 41.4 Å². The number of aliphatic carboxylic acids is 1. The summed E-state index contributed by atoms with van der Waals surface area (Å²) in [4.78, 5) is 116. The van der Waals surface area contributed by atoms with Crippen molar-refractivity contribution in [3.8, 4) is 0 Å². The quantitative estimate of drug-likeness (QED) is 0.0432. The summed E-state index contributed by atoms with van der Waals surface area (Å²) in [6.45, 7) is 13.2. The predicted octanol–water partition coefficient (Wildman–Crippen LogP) is 0.417. The lowest BCUT2D eigenvalue weighted by molar-refractivity contribution is -0.142. The first-order chi connectivity index (χ1) is 32.6. The van der Waals surface area contributed by atoms with Gasteiger partial charge in [-0.15, -0.1) is 0 Å². The van der Waals surface area contributed by atoms with Crippen molar-refractivity contribution in [2.24, 2.45) is 35.0 Å². The van der Waals surface area contributed by atoms with Gasteiger partial charge in [-0.3, -0.25) is 33.6 Å². The van der Waals surface area contributed by atoms with Crippen LogP contribution in [-0.4, -0.2) is 124 Å². The number of hydrogen-bond donors (Lipinski definition) is 12. The van der Waals surface area contributed by atoms with E-state index in [0.717, 1.165) is 0 Å². The summed E-state index contributed by atoms with van der Waals surface area (Å²) in [5, 5.41) is 28.6. The van der Waals surface area contributed by atoms with Crippen molar-refractivity contribution in [1.82, 2.24) is 47.2 Å². The van der Waals surface area contributed by atoms with Crippen LogP contribution in [0, 0.1) is 17.8 Å². The van der Waals surface area contributed by atoms with Crippen molar-refractivity contribution in [1.29, 1.82) is 0 Å². The zero-order chi connectivity index (χ0) is 51.6. The molecule has 2 rings (SSSR count). The van der Waals surface area contributed by atoms with Crippen LogP contribution in [0.4, 0.5) is 0 Å². The van der Waals surface area contributed by atoms with Crippen LogP contribution >= 0.6 is 0 Å². The Morgan fingerprint density at radius 1 is 0.536 bits per heavy atom. The van der Waals surface area contributed by atoms with Crippen molar-refractivity contribution in [2.45, 2.75) is 167 Å². The average molecular weight is 969 g/mol. The van der Waals surface area contributed by atoms with Gasteiger partial charge in [0.05, 0.1) is 12.4 Å². The zero-order valence-corrected chi connectivity index (χ0v) is 41.5. The van der Waals surface area contributed by atoms with Crippen LogP contribution in [-0.2, 0) is 51.2 Å². The van der Waals surface area contributed by atoms with Crippen LogP contribution < -0.4 is 54.4 Å². The molecular formula is C48H80N12O9. The van der Waals surface area contributed by atoms with Gasteiger partial charge in [0.15, 0.2) is 0 Å². The zero-order valence-electron chi connectivity index (χ0n) is 41.5. The number of carbonyl (C=O) groups excluding carboxylic acids is 7. The molecule has 15 N–H and O–H groups in total. The molecule has 21 heteroatoms. The number of aromatic nitrogens is 2. The van der Waals surface area contributed by atoms with E-state index in [4.69, 9.17) is 17.2 Å².